The molecule has 0 aliphatic heterocycles. The van der Waals surface area contributed by atoms with Gasteiger partial charge in [0.05, 0.1) is 12.0 Å². The highest BCUT2D eigenvalue weighted by Gasteiger charge is 2.19. The SMILES string of the molecule is CCC(C)(C)OC(=O)CCNCc1cccc(C(=O)O)c1. The molecule has 0 aromatic heterocycles. The van der Waals surface area contributed by atoms with Gasteiger partial charge in [-0.15, -0.1) is 0 Å². The van der Waals surface area contributed by atoms with E-state index in [1.54, 1.807) is 18.2 Å². The van der Waals surface area contributed by atoms with Gasteiger partial charge in [-0.1, -0.05) is 19.1 Å². The van der Waals surface area contributed by atoms with E-state index in [4.69, 9.17) is 9.84 Å². The Morgan fingerprint density at radius 1 is 1.33 bits per heavy atom. The van der Waals surface area contributed by atoms with E-state index >= 15 is 0 Å². The second kappa shape index (κ2) is 7.78. The van der Waals surface area contributed by atoms with Gasteiger partial charge >= 0.3 is 11.9 Å². The maximum Gasteiger partial charge on any atom is 0.335 e. The minimum absolute atomic E-state index is 0.228. The monoisotopic (exact) mass is 293 g/mol. The third-order valence-corrected chi connectivity index (χ3v) is 3.25. The largest absolute Gasteiger partial charge is 0.478 e. The van der Waals surface area contributed by atoms with Crippen molar-refractivity contribution < 1.29 is 19.4 Å². The minimum atomic E-state index is -0.942. The molecule has 0 atom stereocenters. The third-order valence-electron chi connectivity index (χ3n) is 3.25. The summed E-state index contributed by atoms with van der Waals surface area (Å²) in [4.78, 5) is 22.5. The fraction of sp³-hybridized carbons (Fsp3) is 0.500. The van der Waals surface area contributed by atoms with Gasteiger partial charge in [-0.25, -0.2) is 4.79 Å². The number of carbonyl (C=O) groups is 2. The number of hydrogen-bond donors (Lipinski definition) is 2. The van der Waals surface area contributed by atoms with Crippen molar-refractivity contribution in [1.82, 2.24) is 5.32 Å². The van der Waals surface area contributed by atoms with E-state index in [9.17, 15) is 9.59 Å². The molecule has 0 aliphatic carbocycles. The smallest absolute Gasteiger partial charge is 0.335 e. The van der Waals surface area contributed by atoms with Crippen molar-refractivity contribution in [3.63, 3.8) is 0 Å². The molecule has 0 amide bonds. The summed E-state index contributed by atoms with van der Waals surface area (Å²) >= 11 is 0. The Bertz CT molecular complexity index is 497. The summed E-state index contributed by atoms with van der Waals surface area (Å²) in [5, 5.41) is 12.0. The second-order valence-electron chi connectivity index (χ2n) is 5.52. The van der Waals surface area contributed by atoms with E-state index in [2.05, 4.69) is 5.32 Å². The van der Waals surface area contributed by atoms with Gasteiger partial charge in [0.1, 0.15) is 5.60 Å². The van der Waals surface area contributed by atoms with Crippen LogP contribution in [0, 0.1) is 0 Å². The van der Waals surface area contributed by atoms with Crippen molar-refractivity contribution >= 4 is 11.9 Å². The molecule has 5 nitrogen and oxygen atoms in total. The van der Waals surface area contributed by atoms with Crippen LogP contribution in [0.3, 0.4) is 0 Å². The zero-order valence-electron chi connectivity index (χ0n) is 12.8. The third kappa shape index (κ3) is 6.40. The van der Waals surface area contributed by atoms with Crippen LogP contribution in [0.1, 0.15) is 49.5 Å². The molecule has 0 saturated heterocycles. The van der Waals surface area contributed by atoms with Crippen molar-refractivity contribution in [2.45, 2.75) is 45.8 Å². The zero-order chi connectivity index (χ0) is 15.9. The van der Waals surface area contributed by atoms with Gasteiger partial charge in [-0.3, -0.25) is 4.79 Å². The van der Waals surface area contributed by atoms with E-state index in [0.29, 0.717) is 19.5 Å². The molecule has 0 aliphatic rings. The van der Waals surface area contributed by atoms with Gasteiger partial charge < -0.3 is 15.2 Å². The Labute approximate surface area is 125 Å². The molecule has 5 heteroatoms. The van der Waals surface area contributed by atoms with Crippen molar-refractivity contribution in [2.75, 3.05) is 6.54 Å². The summed E-state index contributed by atoms with van der Waals surface area (Å²) in [6.07, 6.45) is 1.07. The number of ether oxygens (including phenoxy) is 1. The number of benzene rings is 1. The first-order chi connectivity index (χ1) is 9.84. The molecule has 0 radical (unpaired) electrons. The first-order valence-corrected chi connectivity index (χ1v) is 7.09. The average molecular weight is 293 g/mol. The highest BCUT2D eigenvalue weighted by atomic mass is 16.6. The maximum absolute atomic E-state index is 11.6. The lowest BCUT2D eigenvalue weighted by molar-refractivity contribution is -0.156. The van der Waals surface area contributed by atoms with Gasteiger partial charge in [-0.2, -0.15) is 0 Å². The summed E-state index contributed by atoms with van der Waals surface area (Å²) in [5.41, 5.74) is 0.711. The predicted octanol–water partition coefficient (Wildman–Crippen LogP) is 2.60. The van der Waals surface area contributed by atoms with Gasteiger partial charge in [-0.05, 0) is 38.0 Å². The summed E-state index contributed by atoms with van der Waals surface area (Å²) in [6, 6.07) is 6.72. The zero-order valence-corrected chi connectivity index (χ0v) is 12.8. The maximum atomic E-state index is 11.6. The predicted molar refractivity (Wildman–Crippen MR) is 80.2 cm³/mol. The first-order valence-electron chi connectivity index (χ1n) is 7.09. The summed E-state index contributed by atoms with van der Waals surface area (Å²) in [6.45, 7) is 6.76. The molecule has 0 bridgehead atoms. The normalized spacial score (nSPS) is 11.2. The molecular weight excluding hydrogens is 270 g/mol. The van der Waals surface area contributed by atoms with E-state index in [0.717, 1.165) is 12.0 Å². The van der Waals surface area contributed by atoms with E-state index in [-0.39, 0.29) is 11.5 Å². The number of carboxylic acid groups (broad SMARTS) is 1. The standard InChI is InChI=1S/C16H23NO4/c1-4-16(2,3)21-14(18)8-9-17-11-12-6-5-7-13(10-12)15(19)20/h5-7,10,17H,4,8-9,11H2,1-3H3,(H,19,20). The fourth-order valence-electron chi connectivity index (χ4n) is 1.67. The van der Waals surface area contributed by atoms with Crippen LogP contribution in [-0.2, 0) is 16.1 Å². The topological polar surface area (TPSA) is 75.6 Å². The lowest BCUT2D eigenvalue weighted by atomic mass is 10.1. The Kier molecular flexibility index (Phi) is 6.37. The molecular formula is C16H23NO4. The Morgan fingerprint density at radius 2 is 2.05 bits per heavy atom. The first kappa shape index (κ1) is 17.2. The minimum Gasteiger partial charge on any atom is -0.478 e. The Morgan fingerprint density at radius 3 is 2.67 bits per heavy atom. The summed E-state index contributed by atoms with van der Waals surface area (Å²) in [5.74, 6) is -1.17. The molecule has 0 unspecified atom stereocenters. The van der Waals surface area contributed by atoms with Gasteiger partial charge in [0.15, 0.2) is 0 Å². The van der Waals surface area contributed by atoms with Crippen LogP contribution in [0.15, 0.2) is 24.3 Å². The van der Waals surface area contributed by atoms with Crippen molar-refractivity contribution in [1.29, 1.82) is 0 Å². The van der Waals surface area contributed by atoms with Gasteiger partial charge in [0, 0.05) is 13.1 Å². The van der Waals surface area contributed by atoms with Crippen molar-refractivity contribution in [3.8, 4) is 0 Å². The van der Waals surface area contributed by atoms with Crippen LogP contribution in [0.5, 0.6) is 0 Å². The van der Waals surface area contributed by atoms with Crippen LogP contribution in [0.4, 0.5) is 0 Å². The van der Waals surface area contributed by atoms with Crippen LogP contribution in [-0.4, -0.2) is 29.2 Å². The lowest BCUT2D eigenvalue weighted by Gasteiger charge is -2.23. The van der Waals surface area contributed by atoms with E-state index < -0.39 is 11.6 Å². The number of aromatic carboxylic acids is 1. The molecule has 116 valence electrons. The Hall–Kier alpha value is -1.88. The average Bonchev–Trinajstić information content (AvgIpc) is 2.43. The van der Waals surface area contributed by atoms with E-state index in [1.807, 2.05) is 26.8 Å². The molecule has 1 aromatic rings. The van der Waals surface area contributed by atoms with Crippen LogP contribution >= 0.6 is 0 Å². The highest BCUT2D eigenvalue weighted by molar-refractivity contribution is 5.87. The summed E-state index contributed by atoms with van der Waals surface area (Å²) in [7, 11) is 0. The molecule has 0 heterocycles. The molecule has 1 aromatic carbocycles. The van der Waals surface area contributed by atoms with Crippen LogP contribution < -0.4 is 5.32 Å². The fourth-order valence-corrected chi connectivity index (χ4v) is 1.67. The molecule has 0 saturated carbocycles. The molecule has 0 spiro atoms. The van der Waals surface area contributed by atoms with Crippen molar-refractivity contribution in [3.05, 3.63) is 35.4 Å². The van der Waals surface area contributed by atoms with Crippen LogP contribution in [0.25, 0.3) is 0 Å². The lowest BCUT2D eigenvalue weighted by Crippen LogP contribution is -2.29. The highest BCUT2D eigenvalue weighted by Crippen LogP contribution is 2.14. The number of hydrogen-bond acceptors (Lipinski definition) is 4. The molecule has 2 N–H and O–H groups in total. The quantitative estimate of drug-likeness (QED) is 0.569. The molecule has 21 heavy (non-hydrogen) atoms. The molecule has 0 fully saturated rings. The number of esters is 1. The van der Waals surface area contributed by atoms with Crippen molar-refractivity contribution in [2.24, 2.45) is 0 Å². The Balaban J connectivity index is 2.33. The number of rotatable bonds is 8. The number of carboxylic acids is 1. The van der Waals surface area contributed by atoms with Gasteiger partial charge in [0.25, 0.3) is 0 Å². The number of carbonyl (C=O) groups excluding carboxylic acids is 1. The van der Waals surface area contributed by atoms with Gasteiger partial charge in [0.2, 0.25) is 0 Å². The molecule has 1 rings (SSSR count). The second-order valence-corrected chi connectivity index (χ2v) is 5.52. The van der Waals surface area contributed by atoms with E-state index in [1.165, 1.54) is 0 Å². The van der Waals surface area contributed by atoms with Crippen LogP contribution in [0.2, 0.25) is 0 Å². The number of nitrogens with one attached hydrogen (secondary N) is 1. The summed E-state index contributed by atoms with van der Waals surface area (Å²) < 4.78 is 5.33.